The molecule has 1 heterocycles. The first kappa shape index (κ1) is 13.2. The predicted octanol–water partition coefficient (Wildman–Crippen LogP) is 3.47. The minimum absolute atomic E-state index is 0.0405. The van der Waals surface area contributed by atoms with E-state index in [-0.39, 0.29) is 11.3 Å². The van der Waals surface area contributed by atoms with Crippen molar-refractivity contribution in [3.8, 4) is 0 Å². The van der Waals surface area contributed by atoms with Crippen molar-refractivity contribution in [1.29, 1.82) is 0 Å². The normalized spacial score (nSPS) is 11.4. The number of nitrogens with zero attached hydrogens (tertiary/aromatic N) is 1. The summed E-state index contributed by atoms with van der Waals surface area (Å²) in [6.45, 7) is 0. The van der Waals surface area contributed by atoms with Crippen molar-refractivity contribution in [2.75, 3.05) is 0 Å². The molecule has 6 heteroatoms. The van der Waals surface area contributed by atoms with Crippen molar-refractivity contribution in [2.45, 2.75) is 6.18 Å². The zero-order chi connectivity index (χ0) is 14.0. The molecule has 0 amide bonds. The summed E-state index contributed by atoms with van der Waals surface area (Å²) in [7, 11) is 0. The number of carbonyl (C=O) groups is 1. The van der Waals surface area contributed by atoms with Crippen LogP contribution >= 0.6 is 0 Å². The molecule has 0 spiro atoms. The molecule has 0 aliphatic rings. The van der Waals surface area contributed by atoms with Crippen LogP contribution in [0.15, 0.2) is 42.6 Å². The number of alkyl halides is 3. The number of aromatic nitrogens is 1. The molecular formula is C13H7F4NO. The maximum atomic E-state index is 13.2. The number of benzene rings is 1. The van der Waals surface area contributed by atoms with Gasteiger partial charge in [0.25, 0.3) is 0 Å². The van der Waals surface area contributed by atoms with Crippen LogP contribution in [0.3, 0.4) is 0 Å². The Bertz CT molecular complexity index is 608. The van der Waals surface area contributed by atoms with E-state index in [1.54, 1.807) is 6.07 Å². The number of pyridine rings is 1. The summed E-state index contributed by atoms with van der Waals surface area (Å²) in [5, 5.41) is 0. The van der Waals surface area contributed by atoms with Gasteiger partial charge in [0, 0.05) is 11.8 Å². The van der Waals surface area contributed by atoms with Crippen LogP contribution < -0.4 is 0 Å². The average molecular weight is 269 g/mol. The Balaban J connectivity index is 2.46. The van der Waals surface area contributed by atoms with Crippen LogP contribution in [-0.2, 0) is 6.18 Å². The highest BCUT2D eigenvalue weighted by Crippen LogP contribution is 2.30. The van der Waals surface area contributed by atoms with Gasteiger partial charge in [-0.05, 0) is 30.3 Å². The molecule has 2 aromatic rings. The molecule has 2 rings (SSSR count). The minimum atomic E-state index is -4.71. The Morgan fingerprint density at radius 2 is 1.84 bits per heavy atom. The smallest absolute Gasteiger partial charge is 0.287 e. The fourth-order valence-electron chi connectivity index (χ4n) is 1.53. The molecule has 0 saturated carbocycles. The summed E-state index contributed by atoms with van der Waals surface area (Å²) in [6, 6.07) is 6.13. The van der Waals surface area contributed by atoms with Crippen molar-refractivity contribution < 1.29 is 22.4 Å². The number of rotatable bonds is 2. The van der Waals surface area contributed by atoms with Gasteiger partial charge in [-0.25, -0.2) is 4.39 Å². The summed E-state index contributed by atoms with van der Waals surface area (Å²) >= 11 is 0. The largest absolute Gasteiger partial charge is 0.416 e. The van der Waals surface area contributed by atoms with Gasteiger partial charge in [-0.3, -0.25) is 9.78 Å². The monoisotopic (exact) mass is 269 g/mol. The van der Waals surface area contributed by atoms with Gasteiger partial charge in [0.1, 0.15) is 11.5 Å². The van der Waals surface area contributed by atoms with Crippen molar-refractivity contribution in [3.05, 3.63) is 65.2 Å². The molecule has 0 atom stereocenters. The van der Waals surface area contributed by atoms with Crippen molar-refractivity contribution in [3.63, 3.8) is 0 Å². The number of ketones is 1. The van der Waals surface area contributed by atoms with Gasteiger partial charge in [0.05, 0.1) is 5.56 Å². The van der Waals surface area contributed by atoms with E-state index in [2.05, 4.69) is 4.98 Å². The molecule has 0 bridgehead atoms. The van der Waals surface area contributed by atoms with Crippen LogP contribution in [0.1, 0.15) is 21.6 Å². The topological polar surface area (TPSA) is 30.0 Å². The Kier molecular flexibility index (Phi) is 3.33. The van der Waals surface area contributed by atoms with E-state index in [4.69, 9.17) is 0 Å². The highest BCUT2D eigenvalue weighted by Gasteiger charge is 2.32. The second-order valence-electron chi connectivity index (χ2n) is 3.77. The van der Waals surface area contributed by atoms with E-state index in [9.17, 15) is 22.4 Å². The Morgan fingerprint density at radius 3 is 2.42 bits per heavy atom. The van der Waals surface area contributed by atoms with E-state index in [0.29, 0.717) is 12.1 Å². The number of hydrogen-bond acceptors (Lipinski definition) is 2. The lowest BCUT2D eigenvalue weighted by molar-refractivity contribution is -0.137. The lowest BCUT2D eigenvalue weighted by Gasteiger charge is -2.08. The van der Waals surface area contributed by atoms with Crippen LogP contribution in [0, 0.1) is 5.82 Å². The van der Waals surface area contributed by atoms with Crippen LogP contribution in [0.2, 0.25) is 0 Å². The molecule has 19 heavy (non-hydrogen) atoms. The van der Waals surface area contributed by atoms with Gasteiger partial charge in [-0.15, -0.1) is 0 Å². The summed E-state index contributed by atoms with van der Waals surface area (Å²) < 4.78 is 50.7. The van der Waals surface area contributed by atoms with Gasteiger partial charge in [-0.2, -0.15) is 13.2 Å². The first-order valence-corrected chi connectivity index (χ1v) is 5.21. The molecule has 2 nitrogen and oxygen atoms in total. The maximum Gasteiger partial charge on any atom is 0.416 e. The second kappa shape index (κ2) is 4.79. The van der Waals surface area contributed by atoms with Crippen LogP contribution in [-0.4, -0.2) is 10.8 Å². The molecule has 1 aromatic heterocycles. The van der Waals surface area contributed by atoms with Crippen molar-refractivity contribution in [2.24, 2.45) is 0 Å². The van der Waals surface area contributed by atoms with Crippen LogP contribution in [0.4, 0.5) is 17.6 Å². The number of carbonyl (C=O) groups excluding carboxylic acids is 1. The van der Waals surface area contributed by atoms with E-state index in [0.717, 1.165) is 6.07 Å². The highest BCUT2D eigenvalue weighted by molar-refractivity contribution is 6.07. The molecule has 0 radical (unpaired) electrons. The zero-order valence-electron chi connectivity index (χ0n) is 9.41. The molecular weight excluding hydrogens is 262 g/mol. The lowest BCUT2D eigenvalue weighted by atomic mass is 10.0. The standard InChI is InChI=1S/C13H7F4NO/c14-10-6-8(5-9(7-10)13(15,16)17)12(19)11-3-1-2-4-18-11/h1-7H. The molecule has 98 valence electrons. The number of hydrogen-bond donors (Lipinski definition) is 0. The van der Waals surface area contributed by atoms with Crippen molar-refractivity contribution >= 4 is 5.78 Å². The third-order valence-corrected chi connectivity index (χ3v) is 2.38. The Labute approximate surface area is 105 Å². The average Bonchev–Trinajstić information content (AvgIpc) is 2.37. The Morgan fingerprint density at radius 1 is 1.11 bits per heavy atom. The SMILES string of the molecule is O=C(c1cc(F)cc(C(F)(F)F)c1)c1ccccn1. The van der Waals surface area contributed by atoms with Crippen LogP contribution in [0.5, 0.6) is 0 Å². The maximum absolute atomic E-state index is 13.2. The third-order valence-electron chi connectivity index (χ3n) is 2.38. The molecule has 1 aromatic carbocycles. The third kappa shape index (κ3) is 2.96. The molecule has 0 saturated heterocycles. The summed E-state index contributed by atoms with van der Waals surface area (Å²) in [5.41, 5.74) is -1.63. The predicted molar refractivity (Wildman–Crippen MR) is 59.1 cm³/mol. The quantitative estimate of drug-likeness (QED) is 0.617. The van der Waals surface area contributed by atoms with E-state index >= 15 is 0 Å². The van der Waals surface area contributed by atoms with Gasteiger partial charge < -0.3 is 0 Å². The summed E-state index contributed by atoms with van der Waals surface area (Å²) in [5.74, 6) is -1.88. The lowest BCUT2D eigenvalue weighted by Crippen LogP contribution is -2.10. The van der Waals surface area contributed by atoms with E-state index < -0.39 is 23.3 Å². The van der Waals surface area contributed by atoms with Gasteiger partial charge in [0.15, 0.2) is 0 Å². The first-order chi connectivity index (χ1) is 8.88. The minimum Gasteiger partial charge on any atom is -0.287 e. The van der Waals surface area contributed by atoms with Crippen molar-refractivity contribution in [1.82, 2.24) is 4.98 Å². The summed E-state index contributed by atoms with van der Waals surface area (Å²) in [4.78, 5) is 15.6. The molecule has 0 aliphatic carbocycles. The van der Waals surface area contributed by atoms with Gasteiger partial charge in [-0.1, -0.05) is 6.07 Å². The highest BCUT2D eigenvalue weighted by atomic mass is 19.4. The van der Waals surface area contributed by atoms with Gasteiger partial charge in [0.2, 0.25) is 5.78 Å². The first-order valence-electron chi connectivity index (χ1n) is 5.21. The number of halogens is 4. The second-order valence-corrected chi connectivity index (χ2v) is 3.77. The van der Waals surface area contributed by atoms with E-state index in [1.807, 2.05) is 0 Å². The molecule has 0 aliphatic heterocycles. The molecule has 0 unspecified atom stereocenters. The fraction of sp³-hybridized carbons (Fsp3) is 0.0769. The Hall–Kier alpha value is -2.24. The fourth-order valence-corrected chi connectivity index (χ4v) is 1.53. The van der Waals surface area contributed by atoms with Gasteiger partial charge >= 0.3 is 6.18 Å². The zero-order valence-corrected chi connectivity index (χ0v) is 9.41. The molecule has 0 N–H and O–H groups in total. The summed E-state index contributed by atoms with van der Waals surface area (Å²) in [6.07, 6.45) is -3.38. The van der Waals surface area contributed by atoms with E-state index in [1.165, 1.54) is 18.3 Å². The molecule has 0 fully saturated rings. The van der Waals surface area contributed by atoms with Crippen LogP contribution in [0.25, 0.3) is 0 Å².